The van der Waals surface area contributed by atoms with Crippen LogP contribution in [0.15, 0.2) is 66.0 Å². The molecular formula is C25H20N8O2. The molecule has 0 spiro atoms. The normalized spacial score (nSPS) is 10.9. The number of benzene rings is 1. The fourth-order valence-electron chi connectivity index (χ4n) is 3.77. The molecule has 0 saturated carbocycles. The summed E-state index contributed by atoms with van der Waals surface area (Å²) in [4.78, 5) is 25.6. The van der Waals surface area contributed by atoms with Gasteiger partial charge < -0.3 is 15.0 Å². The predicted molar refractivity (Wildman–Crippen MR) is 129 cm³/mol. The summed E-state index contributed by atoms with van der Waals surface area (Å²) in [6.45, 7) is 2.16. The predicted octanol–water partition coefficient (Wildman–Crippen LogP) is 2.89. The molecule has 0 radical (unpaired) electrons. The summed E-state index contributed by atoms with van der Waals surface area (Å²) in [5.41, 5.74) is 11.2. The van der Waals surface area contributed by atoms with E-state index in [1.165, 1.54) is 21.5 Å². The van der Waals surface area contributed by atoms with E-state index in [1.54, 1.807) is 43.7 Å². The van der Waals surface area contributed by atoms with Gasteiger partial charge in [0.25, 0.3) is 0 Å². The number of rotatable bonds is 5. The molecule has 5 rings (SSSR count). The zero-order valence-electron chi connectivity index (χ0n) is 19.0. The molecule has 0 atom stereocenters. The maximum Gasteiger partial charge on any atom is 0.336 e. The first-order chi connectivity index (χ1) is 16.9. The number of aromatic nitrogens is 6. The van der Waals surface area contributed by atoms with Crippen LogP contribution in [0.25, 0.3) is 28.0 Å². The SMILES string of the molecule is Cc1cccnc1COc1nc2c(-c3ccc(=O)n(C)c3)c(-c3ccc(N)cc3C#N)ncn2n1. The molecule has 0 saturated heterocycles. The van der Waals surface area contributed by atoms with Gasteiger partial charge in [0.1, 0.15) is 12.9 Å². The van der Waals surface area contributed by atoms with E-state index < -0.39 is 0 Å². The smallest absolute Gasteiger partial charge is 0.336 e. The zero-order valence-corrected chi connectivity index (χ0v) is 19.0. The van der Waals surface area contributed by atoms with Crippen molar-refractivity contribution < 1.29 is 4.74 Å². The van der Waals surface area contributed by atoms with Gasteiger partial charge in [-0.3, -0.25) is 9.78 Å². The summed E-state index contributed by atoms with van der Waals surface area (Å²) in [5.74, 6) is 0. The molecule has 10 heteroatoms. The van der Waals surface area contributed by atoms with E-state index >= 15 is 0 Å². The molecular weight excluding hydrogens is 444 g/mol. The van der Waals surface area contributed by atoms with Crippen LogP contribution in [0, 0.1) is 18.3 Å². The molecule has 1 aromatic carbocycles. The number of nitriles is 1. The van der Waals surface area contributed by atoms with Gasteiger partial charge in [0.2, 0.25) is 5.56 Å². The molecule has 0 fully saturated rings. The van der Waals surface area contributed by atoms with Crippen LogP contribution in [0.1, 0.15) is 16.8 Å². The molecule has 10 nitrogen and oxygen atoms in total. The molecule has 4 aromatic heterocycles. The van der Waals surface area contributed by atoms with Gasteiger partial charge in [-0.1, -0.05) is 6.07 Å². The van der Waals surface area contributed by atoms with E-state index in [-0.39, 0.29) is 18.2 Å². The highest BCUT2D eigenvalue weighted by Gasteiger charge is 2.20. The van der Waals surface area contributed by atoms with Crippen LogP contribution in [0.4, 0.5) is 5.69 Å². The molecule has 0 unspecified atom stereocenters. The first-order valence-corrected chi connectivity index (χ1v) is 10.7. The van der Waals surface area contributed by atoms with Crippen molar-refractivity contribution in [3.05, 3.63) is 88.4 Å². The fraction of sp³-hybridized carbons (Fsp3) is 0.120. The lowest BCUT2D eigenvalue weighted by atomic mass is 9.97. The first-order valence-electron chi connectivity index (χ1n) is 10.7. The van der Waals surface area contributed by atoms with Gasteiger partial charge in [0.15, 0.2) is 5.65 Å². The van der Waals surface area contributed by atoms with Crippen LogP contribution in [0.3, 0.4) is 0 Å². The fourth-order valence-corrected chi connectivity index (χ4v) is 3.77. The van der Waals surface area contributed by atoms with E-state index in [1.807, 2.05) is 19.1 Å². The van der Waals surface area contributed by atoms with Crippen molar-refractivity contribution in [1.82, 2.24) is 29.1 Å². The number of nitrogens with two attached hydrogens (primary N) is 1. The highest BCUT2D eigenvalue weighted by Crippen LogP contribution is 2.35. The Morgan fingerprint density at radius 2 is 2.03 bits per heavy atom. The largest absolute Gasteiger partial charge is 0.456 e. The van der Waals surface area contributed by atoms with Crippen molar-refractivity contribution in [2.75, 3.05) is 5.73 Å². The molecule has 172 valence electrons. The third kappa shape index (κ3) is 4.06. The average molecular weight is 464 g/mol. The second-order valence-corrected chi connectivity index (χ2v) is 7.97. The number of pyridine rings is 2. The van der Waals surface area contributed by atoms with Gasteiger partial charge in [-0.25, -0.2) is 4.98 Å². The summed E-state index contributed by atoms with van der Waals surface area (Å²) < 4.78 is 8.81. The van der Waals surface area contributed by atoms with Gasteiger partial charge in [0.05, 0.1) is 28.6 Å². The Hall–Kier alpha value is -5.04. The second-order valence-electron chi connectivity index (χ2n) is 7.97. The summed E-state index contributed by atoms with van der Waals surface area (Å²) >= 11 is 0. The van der Waals surface area contributed by atoms with Crippen molar-refractivity contribution in [2.45, 2.75) is 13.5 Å². The third-order valence-electron chi connectivity index (χ3n) is 5.62. The minimum absolute atomic E-state index is 0.151. The maximum atomic E-state index is 12.0. The number of fused-ring (bicyclic) bond motifs is 1. The van der Waals surface area contributed by atoms with Crippen molar-refractivity contribution in [2.24, 2.45) is 7.05 Å². The molecule has 0 aliphatic carbocycles. The minimum atomic E-state index is -0.156. The standard InChI is InChI=1S/C25H20N8O2/c1-15-4-3-9-28-20(15)13-35-25-30-24-22(16-5-8-21(34)32(2)12-16)23(29-14-33(24)31-25)19-7-6-18(27)10-17(19)11-26/h3-10,12,14H,13,27H2,1-2H3. The van der Waals surface area contributed by atoms with Crippen LogP contribution >= 0.6 is 0 Å². The number of nitrogen functional groups attached to an aromatic ring is 1. The molecule has 0 aliphatic rings. The quantitative estimate of drug-likeness (QED) is 0.392. The number of hydrogen-bond acceptors (Lipinski definition) is 8. The molecule has 0 aliphatic heterocycles. The summed E-state index contributed by atoms with van der Waals surface area (Å²) in [5, 5.41) is 14.1. The minimum Gasteiger partial charge on any atom is -0.456 e. The van der Waals surface area contributed by atoms with Crippen LogP contribution < -0.4 is 16.0 Å². The highest BCUT2D eigenvalue weighted by molar-refractivity contribution is 5.91. The number of nitrogens with zero attached hydrogens (tertiary/aromatic N) is 7. The van der Waals surface area contributed by atoms with Crippen molar-refractivity contribution in [3.63, 3.8) is 0 Å². The number of ether oxygens (including phenoxy) is 1. The Balaban J connectivity index is 1.69. The Morgan fingerprint density at radius 1 is 1.17 bits per heavy atom. The topological polar surface area (TPSA) is 137 Å². The molecule has 2 N–H and O–H groups in total. The molecule has 0 amide bonds. The van der Waals surface area contributed by atoms with Crippen LogP contribution in [-0.2, 0) is 13.7 Å². The van der Waals surface area contributed by atoms with Gasteiger partial charge >= 0.3 is 6.01 Å². The Labute approximate surface area is 199 Å². The molecule has 0 bridgehead atoms. The van der Waals surface area contributed by atoms with Crippen molar-refractivity contribution >= 4 is 11.3 Å². The van der Waals surface area contributed by atoms with E-state index in [9.17, 15) is 10.1 Å². The van der Waals surface area contributed by atoms with Crippen LogP contribution in [0.5, 0.6) is 6.01 Å². The Morgan fingerprint density at radius 3 is 2.80 bits per heavy atom. The molecule has 5 aromatic rings. The van der Waals surface area contributed by atoms with Crippen LogP contribution in [-0.4, -0.2) is 29.1 Å². The second kappa shape index (κ2) is 8.72. The Kier molecular flexibility index (Phi) is 5.43. The number of aryl methyl sites for hydroxylation is 2. The molecule has 35 heavy (non-hydrogen) atoms. The van der Waals surface area contributed by atoms with Crippen molar-refractivity contribution in [3.8, 4) is 34.5 Å². The highest BCUT2D eigenvalue weighted by atomic mass is 16.5. The average Bonchev–Trinajstić information content (AvgIpc) is 3.28. The number of hydrogen-bond donors (Lipinski definition) is 1. The summed E-state index contributed by atoms with van der Waals surface area (Å²) in [7, 11) is 1.66. The monoisotopic (exact) mass is 464 g/mol. The van der Waals surface area contributed by atoms with E-state index in [0.29, 0.717) is 39.3 Å². The van der Waals surface area contributed by atoms with Crippen LogP contribution in [0.2, 0.25) is 0 Å². The van der Waals surface area contributed by atoms with E-state index in [2.05, 4.69) is 26.1 Å². The first kappa shape index (κ1) is 21.8. The van der Waals surface area contributed by atoms with Crippen molar-refractivity contribution in [1.29, 1.82) is 5.26 Å². The Bertz CT molecular complexity index is 1680. The summed E-state index contributed by atoms with van der Waals surface area (Å²) in [6.07, 6.45) is 4.91. The number of anilines is 1. The lowest BCUT2D eigenvalue weighted by molar-refractivity contribution is 0.276. The zero-order chi connectivity index (χ0) is 24.5. The van der Waals surface area contributed by atoms with Gasteiger partial charge in [0, 0.05) is 42.3 Å². The third-order valence-corrected chi connectivity index (χ3v) is 5.62. The molecule has 4 heterocycles. The lowest BCUT2D eigenvalue weighted by Crippen LogP contribution is -2.14. The summed E-state index contributed by atoms with van der Waals surface area (Å²) in [6, 6.07) is 14.4. The van der Waals surface area contributed by atoms with E-state index in [4.69, 9.17) is 10.5 Å². The van der Waals surface area contributed by atoms with E-state index in [0.717, 1.165) is 11.3 Å². The van der Waals surface area contributed by atoms with Gasteiger partial charge in [-0.05, 0) is 42.8 Å². The lowest BCUT2D eigenvalue weighted by Gasteiger charge is -2.12. The maximum absolute atomic E-state index is 12.0. The van der Waals surface area contributed by atoms with Gasteiger partial charge in [-0.15, -0.1) is 5.10 Å². The van der Waals surface area contributed by atoms with Gasteiger partial charge in [-0.2, -0.15) is 14.8 Å².